The summed E-state index contributed by atoms with van der Waals surface area (Å²) in [6, 6.07) is 7.51. The fourth-order valence-electron chi connectivity index (χ4n) is 1.52. The van der Waals surface area contributed by atoms with Crippen LogP contribution in [0, 0.1) is 0 Å². The van der Waals surface area contributed by atoms with Crippen LogP contribution in [0.15, 0.2) is 29.6 Å². The second-order valence-corrected chi connectivity index (χ2v) is 4.94. The molecule has 0 radical (unpaired) electrons. The number of esters is 1. The number of rotatable bonds is 4. The van der Waals surface area contributed by atoms with Crippen molar-refractivity contribution < 1.29 is 9.53 Å². The lowest BCUT2D eigenvalue weighted by Crippen LogP contribution is -2.07. The Balaban J connectivity index is 2.16. The lowest BCUT2D eigenvalue weighted by Gasteiger charge is -1.99. The highest BCUT2D eigenvalue weighted by atomic mass is 35.5. The number of carbonyl (C=O) groups is 1. The number of halogens is 1. The summed E-state index contributed by atoms with van der Waals surface area (Å²) in [7, 11) is 0. The molecule has 0 saturated heterocycles. The minimum absolute atomic E-state index is 0.211. The van der Waals surface area contributed by atoms with Gasteiger partial charge in [0.1, 0.15) is 5.01 Å². The van der Waals surface area contributed by atoms with Crippen molar-refractivity contribution in [2.24, 2.45) is 0 Å². The normalized spacial score (nSPS) is 10.3. The average molecular weight is 282 g/mol. The van der Waals surface area contributed by atoms with Crippen LogP contribution in [0.1, 0.15) is 11.9 Å². The third-order valence-electron chi connectivity index (χ3n) is 2.30. The van der Waals surface area contributed by atoms with E-state index >= 15 is 0 Å². The van der Waals surface area contributed by atoms with Crippen molar-refractivity contribution in [3.05, 3.63) is 39.7 Å². The van der Waals surface area contributed by atoms with E-state index in [2.05, 4.69) is 4.98 Å². The van der Waals surface area contributed by atoms with Gasteiger partial charge in [-0.05, 0) is 13.0 Å². The van der Waals surface area contributed by atoms with E-state index < -0.39 is 0 Å². The van der Waals surface area contributed by atoms with E-state index in [0.717, 1.165) is 16.3 Å². The molecule has 2 aromatic rings. The molecule has 18 heavy (non-hydrogen) atoms. The zero-order valence-electron chi connectivity index (χ0n) is 9.85. The molecule has 0 N–H and O–H groups in total. The highest BCUT2D eigenvalue weighted by Crippen LogP contribution is 2.28. The number of aromatic nitrogens is 1. The van der Waals surface area contributed by atoms with Gasteiger partial charge in [0.15, 0.2) is 0 Å². The minimum Gasteiger partial charge on any atom is -0.466 e. The van der Waals surface area contributed by atoms with E-state index in [0.29, 0.717) is 11.6 Å². The van der Waals surface area contributed by atoms with Crippen molar-refractivity contribution in [2.75, 3.05) is 6.61 Å². The molecule has 0 atom stereocenters. The van der Waals surface area contributed by atoms with Gasteiger partial charge in [0.2, 0.25) is 0 Å². The van der Waals surface area contributed by atoms with Gasteiger partial charge in [0.25, 0.3) is 0 Å². The van der Waals surface area contributed by atoms with E-state index in [9.17, 15) is 4.79 Å². The fourth-order valence-corrected chi connectivity index (χ4v) is 2.53. The van der Waals surface area contributed by atoms with Crippen LogP contribution < -0.4 is 0 Å². The molecule has 5 heteroatoms. The van der Waals surface area contributed by atoms with E-state index in [4.69, 9.17) is 16.3 Å². The molecule has 0 amide bonds. The van der Waals surface area contributed by atoms with Gasteiger partial charge in [-0.15, -0.1) is 11.3 Å². The van der Waals surface area contributed by atoms with E-state index in [1.54, 1.807) is 6.92 Å². The van der Waals surface area contributed by atoms with Gasteiger partial charge < -0.3 is 4.74 Å². The molecular weight excluding hydrogens is 270 g/mol. The molecule has 0 saturated carbocycles. The Kier molecular flexibility index (Phi) is 4.33. The topological polar surface area (TPSA) is 39.2 Å². The van der Waals surface area contributed by atoms with Crippen LogP contribution >= 0.6 is 22.9 Å². The molecule has 2 rings (SSSR count). The second kappa shape index (κ2) is 5.98. The van der Waals surface area contributed by atoms with E-state index in [-0.39, 0.29) is 12.4 Å². The van der Waals surface area contributed by atoms with Crippen LogP contribution in [-0.2, 0) is 16.0 Å². The zero-order valence-corrected chi connectivity index (χ0v) is 11.4. The van der Waals surface area contributed by atoms with Crippen LogP contribution in [0.2, 0.25) is 5.02 Å². The Morgan fingerprint density at radius 2 is 2.22 bits per heavy atom. The van der Waals surface area contributed by atoms with Crippen molar-refractivity contribution >= 4 is 28.9 Å². The molecule has 0 aliphatic heterocycles. The summed E-state index contributed by atoms with van der Waals surface area (Å²) in [6.45, 7) is 2.18. The van der Waals surface area contributed by atoms with Crippen LogP contribution in [0.4, 0.5) is 0 Å². The highest BCUT2D eigenvalue weighted by Gasteiger charge is 2.11. The van der Waals surface area contributed by atoms with Gasteiger partial charge in [-0.3, -0.25) is 4.79 Å². The molecule has 0 aliphatic carbocycles. The van der Waals surface area contributed by atoms with Crippen LogP contribution in [0.3, 0.4) is 0 Å². The van der Waals surface area contributed by atoms with Crippen molar-refractivity contribution in [3.63, 3.8) is 0 Å². The summed E-state index contributed by atoms with van der Waals surface area (Å²) in [5, 5.41) is 3.30. The van der Waals surface area contributed by atoms with Gasteiger partial charge in [-0.25, -0.2) is 4.98 Å². The number of ether oxygens (including phenoxy) is 1. The smallest absolute Gasteiger partial charge is 0.312 e. The number of hydrogen-bond acceptors (Lipinski definition) is 4. The minimum atomic E-state index is -0.252. The van der Waals surface area contributed by atoms with Gasteiger partial charge >= 0.3 is 5.97 Å². The Morgan fingerprint density at radius 1 is 1.44 bits per heavy atom. The molecule has 1 heterocycles. The molecule has 94 valence electrons. The molecular formula is C13H12ClNO2S. The maximum atomic E-state index is 11.3. The SMILES string of the molecule is CCOC(=O)Cc1nc(-c2ccccc2Cl)cs1. The predicted octanol–water partition coefficient (Wildman–Crippen LogP) is 3.57. The summed E-state index contributed by atoms with van der Waals surface area (Å²) in [6.07, 6.45) is 0.211. The molecule has 1 aromatic heterocycles. The maximum Gasteiger partial charge on any atom is 0.312 e. The first-order valence-electron chi connectivity index (χ1n) is 5.55. The number of carbonyl (C=O) groups excluding carboxylic acids is 1. The lowest BCUT2D eigenvalue weighted by atomic mass is 10.2. The standard InChI is InChI=1S/C13H12ClNO2S/c1-2-17-13(16)7-12-15-11(8-18-12)9-5-3-4-6-10(9)14/h3-6,8H,2,7H2,1H3. The Labute approximate surface area is 114 Å². The predicted molar refractivity (Wildman–Crippen MR) is 72.9 cm³/mol. The number of benzene rings is 1. The largest absolute Gasteiger partial charge is 0.466 e. The van der Waals surface area contributed by atoms with Gasteiger partial charge in [0.05, 0.1) is 18.7 Å². The molecule has 3 nitrogen and oxygen atoms in total. The van der Waals surface area contributed by atoms with Crippen LogP contribution in [0.5, 0.6) is 0 Å². The van der Waals surface area contributed by atoms with Crippen LogP contribution in [-0.4, -0.2) is 17.6 Å². The maximum absolute atomic E-state index is 11.3. The molecule has 0 spiro atoms. The van der Waals surface area contributed by atoms with Crippen molar-refractivity contribution in [3.8, 4) is 11.3 Å². The highest BCUT2D eigenvalue weighted by molar-refractivity contribution is 7.10. The third kappa shape index (κ3) is 3.09. The average Bonchev–Trinajstić information content (AvgIpc) is 2.78. The first-order chi connectivity index (χ1) is 8.70. The van der Waals surface area contributed by atoms with Gasteiger partial charge in [-0.2, -0.15) is 0 Å². The number of hydrogen-bond donors (Lipinski definition) is 0. The quantitative estimate of drug-likeness (QED) is 0.804. The second-order valence-electron chi connectivity index (χ2n) is 3.59. The van der Waals surface area contributed by atoms with E-state index in [1.165, 1.54) is 11.3 Å². The van der Waals surface area contributed by atoms with Crippen LogP contribution in [0.25, 0.3) is 11.3 Å². The fraction of sp³-hybridized carbons (Fsp3) is 0.231. The first kappa shape index (κ1) is 13.1. The van der Waals surface area contributed by atoms with Crippen molar-refractivity contribution in [1.29, 1.82) is 0 Å². The first-order valence-corrected chi connectivity index (χ1v) is 6.81. The molecule has 1 aromatic carbocycles. The molecule has 0 unspecified atom stereocenters. The summed E-state index contributed by atoms with van der Waals surface area (Å²) in [4.78, 5) is 15.7. The summed E-state index contributed by atoms with van der Waals surface area (Å²) >= 11 is 7.53. The molecule has 0 aliphatic rings. The summed E-state index contributed by atoms with van der Waals surface area (Å²) in [5.74, 6) is -0.252. The third-order valence-corrected chi connectivity index (χ3v) is 3.48. The Bertz CT molecular complexity index is 553. The number of nitrogens with zero attached hydrogens (tertiary/aromatic N) is 1. The van der Waals surface area contributed by atoms with Crippen molar-refractivity contribution in [2.45, 2.75) is 13.3 Å². The summed E-state index contributed by atoms with van der Waals surface area (Å²) < 4.78 is 4.89. The monoisotopic (exact) mass is 281 g/mol. The lowest BCUT2D eigenvalue weighted by molar-refractivity contribution is -0.142. The summed E-state index contributed by atoms with van der Waals surface area (Å²) in [5.41, 5.74) is 1.68. The Morgan fingerprint density at radius 3 is 2.94 bits per heavy atom. The van der Waals surface area contributed by atoms with Crippen molar-refractivity contribution in [1.82, 2.24) is 4.98 Å². The van der Waals surface area contributed by atoms with Gasteiger partial charge in [-0.1, -0.05) is 29.8 Å². The van der Waals surface area contributed by atoms with Gasteiger partial charge in [0, 0.05) is 16.0 Å². The Hall–Kier alpha value is -1.39. The van der Waals surface area contributed by atoms with E-state index in [1.807, 2.05) is 29.6 Å². The zero-order chi connectivity index (χ0) is 13.0. The molecule has 0 bridgehead atoms. The molecule has 0 fully saturated rings. The number of thiazole rings is 1.